The lowest BCUT2D eigenvalue weighted by atomic mass is 10.0. The third kappa shape index (κ3) is 4.17. The van der Waals surface area contributed by atoms with E-state index in [0.717, 1.165) is 25.8 Å². The van der Waals surface area contributed by atoms with Crippen molar-refractivity contribution in [2.45, 2.75) is 45.6 Å². The predicted molar refractivity (Wildman–Crippen MR) is 103 cm³/mol. The van der Waals surface area contributed by atoms with E-state index >= 15 is 0 Å². The summed E-state index contributed by atoms with van der Waals surface area (Å²) in [5, 5.41) is 0. The Bertz CT molecular complexity index is 735. The van der Waals surface area contributed by atoms with Gasteiger partial charge in [0, 0.05) is 13.0 Å². The smallest absolute Gasteiger partial charge is 0.245 e. The van der Waals surface area contributed by atoms with Gasteiger partial charge in [0.1, 0.15) is 18.2 Å². The molecule has 1 amide bonds. The van der Waals surface area contributed by atoms with Gasteiger partial charge in [-0.05, 0) is 37.3 Å². The van der Waals surface area contributed by atoms with Crippen LogP contribution in [-0.4, -0.2) is 40.0 Å². The highest BCUT2D eigenvalue weighted by Crippen LogP contribution is 2.30. The number of ether oxygens (including phenoxy) is 1. The van der Waals surface area contributed by atoms with E-state index in [2.05, 4.69) is 23.0 Å². The highest BCUT2D eigenvalue weighted by molar-refractivity contribution is 7.85. The first-order valence-electron chi connectivity index (χ1n) is 9.04. The van der Waals surface area contributed by atoms with Crippen molar-refractivity contribution < 1.29 is 13.7 Å². The number of likely N-dealkylation sites (tertiary alicyclic amines) is 1. The number of nitrogens with two attached hydrogens (primary N) is 1. The van der Waals surface area contributed by atoms with Gasteiger partial charge < -0.3 is 15.4 Å². The molecule has 7 nitrogen and oxygen atoms in total. The molecule has 2 atom stereocenters. The quantitative estimate of drug-likeness (QED) is 0.821. The van der Waals surface area contributed by atoms with Crippen LogP contribution in [0.5, 0.6) is 5.75 Å². The molecule has 8 heteroatoms. The van der Waals surface area contributed by atoms with Gasteiger partial charge in [-0.25, -0.2) is 4.21 Å². The van der Waals surface area contributed by atoms with Gasteiger partial charge in [-0.1, -0.05) is 19.9 Å². The monoisotopic (exact) mass is 378 g/mol. The van der Waals surface area contributed by atoms with E-state index in [0.29, 0.717) is 35.9 Å². The third-order valence-corrected chi connectivity index (χ3v) is 5.38. The van der Waals surface area contributed by atoms with Crippen molar-refractivity contribution in [2.75, 3.05) is 17.9 Å². The van der Waals surface area contributed by atoms with Crippen molar-refractivity contribution in [1.29, 1.82) is 0 Å². The molecule has 3 N–H and O–H groups in total. The van der Waals surface area contributed by atoms with E-state index in [1.54, 1.807) is 6.07 Å². The maximum atomic E-state index is 12.5. The van der Waals surface area contributed by atoms with Crippen LogP contribution < -0.4 is 15.2 Å². The maximum Gasteiger partial charge on any atom is 0.245 e. The van der Waals surface area contributed by atoms with Crippen LogP contribution in [0.4, 0.5) is 5.69 Å². The van der Waals surface area contributed by atoms with Gasteiger partial charge >= 0.3 is 0 Å². The number of amides is 1. The van der Waals surface area contributed by atoms with Crippen molar-refractivity contribution in [3.8, 4) is 5.75 Å². The highest BCUT2D eigenvalue weighted by atomic mass is 32.2. The molecule has 2 aliphatic heterocycles. The molecule has 1 aromatic rings. The molecule has 2 aliphatic rings. The van der Waals surface area contributed by atoms with Gasteiger partial charge in [0.2, 0.25) is 17.1 Å². The second-order valence-electron chi connectivity index (χ2n) is 7.15. The molecule has 1 saturated heterocycles. The molecule has 26 heavy (non-hydrogen) atoms. The molecule has 1 fully saturated rings. The summed E-state index contributed by atoms with van der Waals surface area (Å²) in [4.78, 5) is 14.5. The number of anilines is 1. The van der Waals surface area contributed by atoms with Gasteiger partial charge in [-0.2, -0.15) is 4.40 Å². The maximum absolute atomic E-state index is 12.5. The summed E-state index contributed by atoms with van der Waals surface area (Å²) in [6.07, 6.45) is 3.63. The van der Waals surface area contributed by atoms with Gasteiger partial charge in [-0.15, -0.1) is 0 Å². The zero-order valence-electron chi connectivity index (χ0n) is 15.2. The predicted octanol–water partition coefficient (Wildman–Crippen LogP) is 2.20. The van der Waals surface area contributed by atoms with Crippen molar-refractivity contribution in [2.24, 2.45) is 16.0 Å². The number of hydrogen-bond donors (Lipinski definition) is 2. The summed E-state index contributed by atoms with van der Waals surface area (Å²) in [5.74, 6) is 1.33. The van der Waals surface area contributed by atoms with Crippen LogP contribution >= 0.6 is 0 Å². The van der Waals surface area contributed by atoms with Crippen molar-refractivity contribution in [3.63, 3.8) is 0 Å². The molecular formula is C18H26N4O3S. The van der Waals surface area contributed by atoms with Crippen molar-refractivity contribution >= 4 is 28.6 Å². The number of nitrogens with one attached hydrogen (secondary N) is 1. The molecule has 2 heterocycles. The van der Waals surface area contributed by atoms with Crippen molar-refractivity contribution in [3.05, 3.63) is 23.8 Å². The Labute approximate surface area is 156 Å². The number of rotatable bonds is 5. The Morgan fingerprint density at radius 2 is 2.27 bits per heavy atom. The fraction of sp³-hybridized carbons (Fsp3) is 0.556. The fourth-order valence-electron chi connectivity index (χ4n) is 3.41. The molecule has 0 spiro atoms. The number of carbonyl (C=O) groups excluding carboxylic acids is 1. The summed E-state index contributed by atoms with van der Waals surface area (Å²) in [7, 11) is 0. The number of benzene rings is 1. The average Bonchev–Trinajstić information content (AvgIpc) is 2.59. The number of amidine groups is 1. The standard InChI is InChI=1S/C18H26N4O3S/c1-12(2)10-16(23)22-9-4-3-6-13(22)11-25-15-8-5-7-14-17(15)18(19)21-26(24)20-14/h5,7-8,12-13,20H,3-4,6,9-11H2,1-2H3,(H2,19,21). The molecule has 1 aromatic carbocycles. The second kappa shape index (κ2) is 8.07. The van der Waals surface area contributed by atoms with Gasteiger partial charge in [0.15, 0.2) is 0 Å². The minimum Gasteiger partial charge on any atom is -0.491 e. The molecule has 0 aliphatic carbocycles. The first-order chi connectivity index (χ1) is 12.5. The summed E-state index contributed by atoms with van der Waals surface area (Å²) >= 11 is -1.56. The minimum atomic E-state index is -1.56. The van der Waals surface area contributed by atoms with E-state index in [1.807, 2.05) is 17.0 Å². The second-order valence-corrected chi connectivity index (χ2v) is 8.04. The molecule has 0 bridgehead atoms. The van der Waals surface area contributed by atoms with Crippen LogP contribution in [0.2, 0.25) is 0 Å². The van der Waals surface area contributed by atoms with Gasteiger partial charge in [-0.3, -0.25) is 9.52 Å². The van der Waals surface area contributed by atoms with Crippen LogP contribution in [0.15, 0.2) is 22.6 Å². The Morgan fingerprint density at radius 3 is 3.04 bits per heavy atom. The molecule has 3 rings (SSSR count). The van der Waals surface area contributed by atoms with E-state index < -0.39 is 11.2 Å². The van der Waals surface area contributed by atoms with Crippen LogP contribution in [-0.2, 0) is 16.0 Å². The molecule has 142 valence electrons. The third-order valence-electron chi connectivity index (χ3n) is 4.62. The fourth-order valence-corrected chi connectivity index (χ4v) is 4.08. The number of carbonyl (C=O) groups is 1. The Balaban J connectivity index is 1.73. The van der Waals surface area contributed by atoms with Crippen LogP contribution in [0, 0.1) is 5.92 Å². The minimum absolute atomic E-state index is 0.0645. The molecular weight excluding hydrogens is 352 g/mol. The SMILES string of the molecule is CC(C)CC(=O)N1CCCCC1COc1cccc2c1C(N)=NS(=O)N2. The number of piperidine rings is 1. The van der Waals surface area contributed by atoms with E-state index in [-0.39, 0.29) is 17.8 Å². The van der Waals surface area contributed by atoms with E-state index in [1.165, 1.54) is 0 Å². The molecule has 0 radical (unpaired) electrons. The topological polar surface area (TPSA) is 97.0 Å². The summed E-state index contributed by atoms with van der Waals surface area (Å²) in [6.45, 7) is 5.32. The number of hydrogen-bond acceptors (Lipinski definition) is 4. The lowest BCUT2D eigenvalue weighted by molar-refractivity contribution is -0.136. The Kier molecular flexibility index (Phi) is 5.80. The summed E-state index contributed by atoms with van der Waals surface area (Å²) < 4.78 is 24.3. The van der Waals surface area contributed by atoms with E-state index in [9.17, 15) is 9.00 Å². The normalized spacial score (nSPS) is 22.4. The van der Waals surface area contributed by atoms with Crippen LogP contribution in [0.25, 0.3) is 0 Å². The molecule has 0 aromatic heterocycles. The summed E-state index contributed by atoms with van der Waals surface area (Å²) in [5.41, 5.74) is 7.22. The number of nitrogens with zero attached hydrogens (tertiary/aromatic N) is 2. The zero-order chi connectivity index (χ0) is 18.7. The summed E-state index contributed by atoms with van der Waals surface area (Å²) in [6, 6.07) is 5.50. The van der Waals surface area contributed by atoms with Crippen LogP contribution in [0.1, 0.15) is 45.1 Å². The first-order valence-corrected chi connectivity index (χ1v) is 10.1. The van der Waals surface area contributed by atoms with Gasteiger partial charge in [0.05, 0.1) is 17.3 Å². The lowest BCUT2D eigenvalue weighted by Crippen LogP contribution is -2.47. The van der Waals surface area contributed by atoms with Gasteiger partial charge in [0.25, 0.3) is 0 Å². The highest BCUT2D eigenvalue weighted by Gasteiger charge is 2.28. The molecule has 0 saturated carbocycles. The largest absolute Gasteiger partial charge is 0.491 e. The average molecular weight is 378 g/mol. The van der Waals surface area contributed by atoms with Crippen LogP contribution in [0.3, 0.4) is 0 Å². The van der Waals surface area contributed by atoms with Crippen molar-refractivity contribution in [1.82, 2.24) is 4.90 Å². The zero-order valence-corrected chi connectivity index (χ0v) is 16.1. The first kappa shape index (κ1) is 18.7. The Hall–Kier alpha value is -2.09. The Morgan fingerprint density at radius 1 is 1.46 bits per heavy atom. The number of fused-ring (bicyclic) bond motifs is 1. The lowest BCUT2D eigenvalue weighted by Gasteiger charge is -2.36. The van der Waals surface area contributed by atoms with E-state index in [4.69, 9.17) is 10.5 Å². The molecule has 2 unspecified atom stereocenters.